The van der Waals surface area contributed by atoms with Crippen LogP contribution in [0.5, 0.6) is 0 Å². The van der Waals surface area contributed by atoms with Gasteiger partial charge in [-0.25, -0.2) is 0 Å². The lowest BCUT2D eigenvalue weighted by atomic mass is 10.1. The molecule has 0 saturated carbocycles. The minimum Gasteiger partial charge on any atom is -0.295 e. The van der Waals surface area contributed by atoms with E-state index >= 15 is 0 Å². The molecule has 0 aromatic carbocycles. The molecule has 0 amide bonds. The van der Waals surface area contributed by atoms with Crippen molar-refractivity contribution in [2.75, 3.05) is 12.4 Å². The molecule has 4 heteroatoms. The van der Waals surface area contributed by atoms with E-state index in [9.17, 15) is 0 Å². The van der Waals surface area contributed by atoms with Crippen LogP contribution in [-0.2, 0) is 13.6 Å². The molecule has 0 aliphatic carbocycles. The van der Waals surface area contributed by atoms with E-state index in [1.54, 1.807) is 0 Å². The van der Waals surface area contributed by atoms with Crippen LogP contribution in [0, 0.1) is 6.92 Å². The highest BCUT2D eigenvalue weighted by atomic mass is 35.5. The molecule has 0 radical (unpaired) electrons. The van der Waals surface area contributed by atoms with Crippen molar-refractivity contribution in [1.82, 2.24) is 14.7 Å². The number of hydrogen-bond donors (Lipinski definition) is 0. The molecule has 2 rings (SSSR count). The SMILES string of the molecule is Cc1cc(CN2CCCC2CCCCl)n(C)n1. The molecule has 96 valence electrons. The summed E-state index contributed by atoms with van der Waals surface area (Å²) in [5, 5.41) is 4.41. The average molecular weight is 256 g/mol. The number of hydrogen-bond acceptors (Lipinski definition) is 2. The van der Waals surface area contributed by atoms with Gasteiger partial charge in [0.15, 0.2) is 0 Å². The Kier molecular flexibility index (Phi) is 4.46. The van der Waals surface area contributed by atoms with Crippen LogP contribution in [0.1, 0.15) is 37.1 Å². The van der Waals surface area contributed by atoms with Gasteiger partial charge in [-0.3, -0.25) is 9.58 Å². The van der Waals surface area contributed by atoms with Crippen LogP contribution >= 0.6 is 11.6 Å². The van der Waals surface area contributed by atoms with Gasteiger partial charge in [-0.2, -0.15) is 5.10 Å². The summed E-state index contributed by atoms with van der Waals surface area (Å²) in [6.45, 7) is 4.31. The first kappa shape index (κ1) is 12.9. The third kappa shape index (κ3) is 3.23. The van der Waals surface area contributed by atoms with E-state index in [1.165, 1.54) is 31.5 Å². The van der Waals surface area contributed by atoms with Gasteiger partial charge in [0, 0.05) is 25.5 Å². The quantitative estimate of drug-likeness (QED) is 0.755. The third-order valence-electron chi connectivity index (χ3n) is 3.63. The van der Waals surface area contributed by atoms with E-state index in [0.717, 1.165) is 30.6 Å². The van der Waals surface area contributed by atoms with Gasteiger partial charge in [0.25, 0.3) is 0 Å². The summed E-state index contributed by atoms with van der Waals surface area (Å²) in [4.78, 5) is 2.59. The largest absolute Gasteiger partial charge is 0.295 e. The van der Waals surface area contributed by atoms with Crippen LogP contribution in [0.15, 0.2) is 6.07 Å². The fraction of sp³-hybridized carbons (Fsp3) is 0.769. The van der Waals surface area contributed by atoms with Crippen molar-refractivity contribution in [2.24, 2.45) is 7.05 Å². The van der Waals surface area contributed by atoms with Crippen molar-refractivity contribution in [3.8, 4) is 0 Å². The molecule has 1 atom stereocenters. The number of nitrogens with zero attached hydrogens (tertiary/aromatic N) is 3. The maximum absolute atomic E-state index is 5.78. The van der Waals surface area contributed by atoms with Gasteiger partial charge in [-0.05, 0) is 45.2 Å². The summed E-state index contributed by atoms with van der Waals surface area (Å²) in [6.07, 6.45) is 5.02. The molecule has 1 aromatic rings. The van der Waals surface area contributed by atoms with E-state index in [1.807, 2.05) is 11.7 Å². The molecule has 1 fully saturated rings. The molecule has 0 bridgehead atoms. The second-order valence-corrected chi connectivity index (χ2v) is 5.38. The number of likely N-dealkylation sites (tertiary alicyclic amines) is 1. The Hall–Kier alpha value is -0.540. The second kappa shape index (κ2) is 5.87. The Bertz CT molecular complexity index is 362. The number of alkyl halides is 1. The van der Waals surface area contributed by atoms with Crippen LogP contribution in [0.3, 0.4) is 0 Å². The highest BCUT2D eigenvalue weighted by Crippen LogP contribution is 2.23. The van der Waals surface area contributed by atoms with Crippen molar-refractivity contribution >= 4 is 11.6 Å². The van der Waals surface area contributed by atoms with Crippen molar-refractivity contribution in [2.45, 2.75) is 45.2 Å². The lowest BCUT2D eigenvalue weighted by Gasteiger charge is -2.24. The molecule has 2 heterocycles. The Morgan fingerprint density at radius 3 is 3.00 bits per heavy atom. The van der Waals surface area contributed by atoms with Crippen LogP contribution in [-0.4, -0.2) is 33.1 Å². The van der Waals surface area contributed by atoms with Crippen molar-refractivity contribution in [3.63, 3.8) is 0 Å². The van der Waals surface area contributed by atoms with Gasteiger partial charge in [0.05, 0.1) is 11.4 Å². The number of aromatic nitrogens is 2. The molecule has 1 unspecified atom stereocenters. The minimum absolute atomic E-state index is 0.726. The van der Waals surface area contributed by atoms with Gasteiger partial charge in [-0.15, -0.1) is 11.6 Å². The number of rotatable bonds is 5. The molecular formula is C13H22ClN3. The summed E-state index contributed by atoms with van der Waals surface area (Å²) in [5.41, 5.74) is 2.43. The topological polar surface area (TPSA) is 21.1 Å². The Balaban J connectivity index is 1.95. The van der Waals surface area contributed by atoms with E-state index in [0.29, 0.717) is 0 Å². The van der Waals surface area contributed by atoms with Crippen LogP contribution in [0.2, 0.25) is 0 Å². The molecule has 1 aliphatic rings. The molecule has 1 aromatic heterocycles. The van der Waals surface area contributed by atoms with Crippen molar-refractivity contribution < 1.29 is 0 Å². The normalized spacial score (nSPS) is 21.2. The molecule has 1 aliphatic heterocycles. The van der Waals surface area contributed by atoms with Gasteiger partial charge >= 0.3 is 0 Å². The number of halogens is 1. The van der Waals surface area contributed by atoms with Gasteiger partial charge in [0.1, 0.15) is 0 Å². The van der Waals surface area contributed by atoms with E-state index < -0.39 is 0 Å². The molecule has 0 spiro atoms. The maximum atomic E-state index is 5.78. The highest BCUT2D eigenvalue weighted by molar-refractivity contribution is 6.17. The van der Waals surface area contributed by atoms with Crippen LogP contribution in [0.4, 0.5) is 0 Å². The third-order valence-corrected chi connectivity index (χ3v) is 3.90. The summed E-state index contributed by atoms with van der Waals surface area (Å²) in [5.74, 6) is 0.787. The van der Waals surface area contributed by atoms with Gasteiger partial charge in [-0.1, -0.05) is 0 Å². The summed E-state index contributed by atoms with van der Waals surface area (Å²) >= 11 is 5.78. The summed E-state index contributed by atoms with van der Waals surface area (Å²) in [7, 11) is 2.03. The zero-order valence-corrected chi connectivity index (χ0v) is 11.6. The Morgan fingerprint density at radius 1 is 1.53 bits per heavy atom. The summed E-state index contributed by atoms with van der Waals surface area (Å²) in [6, 6.07) is 2.92. The standard InChI is InChI=1S/C13H22ClN3/c1-11-9-13(16(2)15-11)10-17-8-4-6-12(17)5-3-7-14/h9,12H,3-8,10H2,1-2H3. The molecule has 0 N–H and O–H groups in total. The minimum atomic E-state index is 0.726. The van der Waals surface area contributed by atoms with Gasteiger partial charge in [0.2, 0.25) is 0 Å². The van der Waals surface area contributed by atoms with Crippen molar-refractivity contribution in [3.05, 3.63) is 17.5 Å². The first-order valence-corrected chi connectivity index (χ1v) is 7.03. The summed E-state index contributed by atoms with van der Waals surface area (Å²) < 4.78 is 2.01. The zero-order valence-electron chi connectivity index (χ0n) is 10.8. The molecular weight excluding hydrogens is 234 g/mol. The molecule has 3 nitrogen and oxygen atoms in total. The molecule has 1 saturated heterocycles. The smallest absolute Gasteiger partial charge is 0.0597 e. The van der Waals surface area contributed by atoms with E-state index in [2.05, 4.69) is 23.0 Å². The van der Waals surface area contributed by atoms with Crippen molar-refractivity contribution in [1.29, 1.82) is 0 Å². The predicted octanol–water partition coefficient (Wildman–Crippen LogP) is 2.71. The first-order chi connectivity index (χ1) is 8.20. The maximum Gasteiger partial charge on any atom is 0.0597 e. The fourth-order valence-corrected chi connectivity index (χ4v) is 2.92. The zero-order chi connectivity index (χ0) is 12.3. The second-order valence-electron chi connectivity index (χ2n) is 5.00. The Morgan fingerprint density at radius 2 is 2.35 bits per heavy atom. The van der Waals surface area contributed by atoms with Crippen LogP contribution < -0.4 is 0 Å². The lowest BCUT2D eigenvalue weighted by molar-refractivity contribution is 0.228. The van der Waals surface area contributed by atoms with Crippen LogP contribution in [0.25, 0.3) is 0 Å². The average Bonchev–Trinajstić information content (AvgIpc) is 2.84. The fourth-order valence-electron chi connectivity index (χ4n) is 2.76. The van der Waals surface area contributed by atoms with E-state index in [4.69, 9.17) is 11.6 Å². The monoisotopic (exact) mass is 255 g/mol. The molecule has 17 heavy (non-hydrogen) atoms. The number of aryl methyl sites for hydroxylation is 2. The Labute approximate surface area is 109 Å². The van der Waals surface area contributed by atoms with Gasteiger partial charge < -0.3 is 0 Å². The van der Waals surface area contributed by atoms with E-state index in [-0.39, 0.29) is 0 Å². The lowest BCUT2D eigenvalue weighted by Crippen LogP contribution is -2.29. The predicted molar refractivity (Wildman–Crippen MR) is 71.3 cm³/mol. The highest BCUT2D eigenvalue weighted by Gasteiger charge is 2.24. The first-order valence-electron chi connectivity index (χ1n) is 6.50.